The average molecular weight is 269 g/mol. The van der Waals surface area contributed by atoms with Gasteiger partial charge in [0.05, 0.1) is 0 Å². The van der Waals surface area contributed by atoms with E-state index in [4.69, 9.17) is 15.0 Å². The van der Waals surface area contributed by atoms with E-state index in [1.165, 1.54) is 0 Å². The molecule has 2 N–H and O–H groups in total. The number of ether oxygens (including phenoxy) is 1. The zero-order chi connectivity index (χ0) is 13.9. The second-order valence-corrected chi connectivity index (χ2v) is 4.44. The molecule has 0 saturated heterocycles. The Balaban J connectivity index is 2.08. The van der Waals surface area contributed by atoms with Gasteiger partial charge in [0.1, 0.15) is 6.10 Å². The first-order valence-electron chi connectivity index (χ1n) is 6.38. The molecule has 1 heterocycles. The summed E-state index contributed by atoms with van der Waals surface area (Å²) in [6, 6.07) is 14.1. The van der Waals surface area contributed by atoms with Gasteiger partial charge in [0.15, 0.2) is 0 Å². The third-order valence-corrected chi connectivity index (χ3v) is 3.25. The Labute approximate surface area is 116 Å². The summed E-state index contributed by atoms with van der Waals surface area (Å²) in [4.78, 5) is 4.39. The molecule has 0 aliphatic heterocycles. The highest BCUT2D eigenvalue weighted by atomic mass is 16.5. The minimum absolute atomic E-state index is 0.299. The van der Waals surface area contributed by atoms with E-state index in [9.17, 15) is 0 Å². The molecule has 5 heteroatoms. The second kappa shape index (κ2) is 5.40. The van der Waals surface area contributed by atoms with Crippen molar-refractivity contribution in [2.45, 2.75) is 6.10 Å². The lowest BCUT2D eigenvalue weighted by atomic mass is 10.0. The molecule has 1 aromatic heterocycles. The van der Waals surface area contributed by atoms with Crippen molar-refractivity contribution in [3.05, 3.63) is 48.4 Å². The summed E-state index contributed by atoms with van der Waals surface area (Å²) < 4.78 is 10.4. The second-order valence-electron chi connectivity index (χ2n) is 4.44. The van der Waals surface area contributed by atoms with Crippen LogP contribution in [0.3, 0.4) is 0 Å². The van der Waals surface area contributed by atoms with Crippen LogP contribution in [0.15, 0.2) is 47.0 Å². The average Bonchev–Trinajstić information content (AvgIpc) is 2.97. The molecule has 3 rings (SSSR count). The predicted octanol–water partition coefficient (Wildman–Crippen LogP) is 2.54. The SMILES string of the molecule is COC(CN)c1nc(-c2cccc3ccccc23)no1. The number of hydrogen-bond donors (Lipinski definition) is 1. The maximum Gasteiger partial charge on any atom is 0.257 e. The van der Waals surface area contributed by atoms with E-state index in [1.54, 1.807) is 7.11 Å². The number of nitrogens with zero attached hydrogens (tertiary/aromatic N) is 2. The van der Waals surface area contributed by atoms with Gasteiger partial charge in [-0.1, -0.05) is 47.6 Å². The van der Waals surface area contributed by atoms with Gasteiger partial charge in [0.25, 0.3) is 5.89 Å². The molecule has 0 radical (unpaired) electrons. The molecule has 0 aliphatic carbocycles. The highest BCUT2D eigenvalue weighted by molar-refractivity contribution is 5.94. The van der Waals surface area contributed by atoms with E-state index in [0.29, 0.717) is 18.3 Å². The molecule has 0 saturated carbocycles. The Morgan fingerprint density at radius 3 is 2.80 bits per heavy atom. The van der Waals surface area contributed by atoms with Gasteiger partial charge in [-0.2, -0.15) is 4.98 Å². The first-order chi connectivity index (χ1) is 9.83. The summed E-state index contributed by atoms with van der Waals surface area (Å²) in [5.74, 6) is 0.949. The van der Waals surface area contributed by atoms with Crippen LogP contribution >= 0.6 is 0 Å². The van der Waals surface area contributed by atoms with Gasteiger partial charge in [-0.15, -0.1) is 0 Å². The monoisotopic (exact) mass is 269 g/mol. The van der Waals surface area contributed by atoms with Gasteiger partial charge in [-0.05, 0) is 10.8 Å². The molecular formula is C15H15N3O2. The summed E-state index contributed by atoms with van der Waals surface area (Å²) in [5, 5.41) is 6.26. The topological polar surface area (TPSA) is 74.2 Å². The Kier molecular flexibility index (Phi) is 3.45. The van der Waals surface area contributed by atoms with Gasteiger partial charge in [0.2, 0.25) is 5.82 Å². The quantitative estimate of drug-likeness (QED) is 0.787. The Bertz CT molecular complexity index is 714. The lowest BCUT2D eigenvalue weighted by Crippen LogP contribution is -2.14. The van der Waals surface area contributed by atoms with Gasteiger partial charge >= 0.3 is 0 Å². The number of benzene rings is 2. The smallest absolute Gasteiger partial charge is 0.257 e. The molecule has 3 aromatic rings. The minimum Gasteiger partial charge on any atom is -0.370 e. The Morgan fingerprint density at radius 1 is 1.20 bits per heavy atom. The fourth-order valence-corrected chi connectivity index (χ4v) is 2.19. The van der Waals surface area contributed by atoms with Crippen molar-refractivity contribution in [2.24, 2.45) is 5.73 Å². The highest BCUT2D eigenvalue weighted by Crippen LogP contribution is 2.27. The number of nitrogens with two attached hydrogens (primary N) is 1. The van der Waals surface area contributed by atoms with E-state index >= 15 is 0 Å². The van der Waals surface area contributed by atoms with Crippen molar-refractivity contribution in [1.29, 1.82) is 0 Å². The van der Waals surface area contributed by atoms with E-state index < -0.39 is 0 Å². The van der Waals surface area contributed by atoms with Crippen LogP contribution in [0.2, 0.25) is 0 Å². The van der Waals surface area contributed by atoms with Crippen molar-refractivity contribution >= 4 is 10.8 Å². The van der Waals surface area contributed by atoms with Gasteiger partial charge in [0, 0.05) is 19.2 Å². The van der Waals surface area contributed by atoms with Crippen LogP contribution in [0.5, 0.6) is 0 Å². The summed E-state index contributed by atoms with van der Waals surface area (Å²) in [5.41, 5.74) is 6.54. The molecule has 1 atom stereocenters. The summed E-state index contributed by atoms with van der Waals surface area (Å²) in [6.07, 6.45) is -0.369. The van der Waals surface area contributed by atoms with Crippen molar-refractivity contribution in [2.75, 3.05) is 13.7 Å². The molecular weight excluding hydrogens is 254 g/mol. The van der Waals surface area contributed by atoms with E-state index in [2.05, 4.69) is 22.3 Å². The zero-order valence-corrected chi connectivity index (χ0v) is 11.1. The number of methoxy groups -OCH3 is 1. The molecule has 0 spiro atoms. The predicted molar refractivity (Wildman–Crippen MR) is 76.0 cm³/mol. The molecule has 0 aliphatic rings. The fraction of sp³-hybridized carbons (Fsp3) is 0.200. The fourth-order valence-electron chi connectivity index (χ4n) is 2.19. The largest absolute Gasteiger partial charge is 0.370 e. The maximum absolute atomic E-state index is 5.60. The number of rotatable bonds is 4. The first kappa shape index (κ1) is 12.8. The number of hydrogen-bond acceptors (Lipinski definition) is 5. The van der Waals surface area contributed by atoms with E-state index in [-0.39, 0.29) is 6.10 Å². The Morgan fingerprint density at radius 2 is 2.00 bits per heavy atom. The van der Waals surface area contributed by atoms with Crippen molar-refractivity contribution in [3.8, 4) is 11.4 Å². The molecule has 5 nitrogen and oxygen atoms in total. The lowest BCUT2D eigenvalue weighted by Gasteiger charge is -2.05. The summed E-state index contributed by atoms with van der Waals surface area (Å²) in [7, 11) is 1.57. The van der Waals surface area contributed by atoms with E-state index in [1.807, 2.05) is 30.3 Å². The number of aromatic nitrogens is 2. The lowest BCUT2D eigenvalue weighted by molar-refractivity contribution is 0.0804. The van der Waals surface area contributed by atoms with Gasteiger partial charge in [-0.3, -0.25) is 0 Å². The number of fused-ring (bicyclic) bond motifs is 1. The minimum atomic E-state index is -0.369. The van der Waals surface area contributed by atoms with Crippen LogP contribution in [0, 0.1) is 0 Å². The van der Waals surface area contributed by atoms with Crippen LogP contribution in [-0.4, -0.2) is 23.8 Å². The first-order valence-corrected chi connectivity index (χ1v) is 6.38. The summed E-state index contributed by atoms with van der Waals surface area (Å²) >= 11 is 0. The van der Waals surface area contributed by atoms with Gasteiger partial charge < -0.3 is 15.0 Å². The zero-order valence-electron chi connectivity index (χ0n) is 11.1. The van der Waals surface area contributed by atoms with Crippen LogP contribution < -0.4 is 5.73 Å². The van der Waals surface area contributed by atoms with Crippen molar-refractivity contribution in [1.82, 2.24) is 10.1 Å². The van der Waals surface area contributed by atoms with Crippen LogP contribution in [0.1, 0.15) is 12.0 Å². The third-order valence-electron chi connectivity index (χ3n) is 3.25. The van der Waals surface area contributed by atoms with Gasteiger partial charge in [-0.25, -0.2) is 0 Å². The molecule has 0 fully saturated rings. The van der Waals surface area contributed by atoms with Crippen LogP contribution in [0.4, 0.5) is 0 Å². The molecule has 1 unspecified atom stereocenters. The standard InChI is InChI=1S/C15H15N3O2/c1-19-13(9-16)15-17-14(18-20-15)12-8-4-6-10-5-2-3-7-11(10)12/h2-8,13H,9,16H2,1H3. The summed E-state index contributed by atoms with van der Waals surface area (Å²) in [6.45, 7) is 0.299. The van der Waals surface area contributed by atoms with Crippen molar-refractivity contribution < 1.29 is 9.26 Å². The van der Waals surface area contributed by atoms with E-state index in [0.717, 1.165) is 16.3 Å². The molecule has 20 heavy (non-hydrogen) atoms. The normalized spacial score (nSPS) is 12.7. The highest BCUT2D eigenvalue weighted by Gasteiger charge is 2.18. The molecule has 0 bridgehead atoms. The van der Waals surface area contributed by atoms with Crippen LogP contribution in [-0.2, 0) is 4.74 Å². The molecule has 2 aromatic carbocycles. The molecule has 0 amide bonds. The van der Waals surface area contributed by atoms with Crippen molar-refractivity contribution in [3.63, 3.8) is 0 Å². The van der Waals surface area contributed by atoms with Crippen LogP contribution in [0.25, 0.3) is 22.2 Å². The third kappa shape index (κ3) is 2.17. The molecule has 102 valence electrons. The maximum atomic E-state index is 5.60. The Hall–Kier alpha value is -2.24.